The Labute approximate surface area is 173 Å². The molecule has 0 saturated carbocycles. The van der Waals surface area contributed by atoms with E-state index in [1.165, 1.54) is 0 Å². The van der Waals surface area contributed by atoms with Gasteiger partial charge in [-0.3, -0.25) is 9.59 Å². The molecule has 0 aliphatic rings. The molecule has 0 aliphatic heterocycles. The van der Waals surface area contributed by atoms with Gasteiger partial charge in [-0.25, -0.2) is 0 Å². The smallest absolute Gasteiger partial charge is 0.255 e. The fourth-order valence-electron chi connectivity index (χ4n) is 3.62. The number of fused-ring (bicyclic) bond motifs is 1. The highest BCUT2D eigenvalue weighted by Crippen LogP contribution is 2.29. The normalized spacial score (nSPS) is 12.4. The van der Waals surface area contributed by atoms with E-state index in [1.54, 1.807) is 4.90 Å². The molecule has 0 aliphatic carbocycles. The highest BCUT2D eigenvalue weighted by molar-refractivity contribution is 9.10. The molecular formula is C22H26BrN3O2. The Bertz CT molecular complexity index is 1100. The molecule has 0 fully saturated rings. The predicted molar refractivity (Wildman–Crippen MR) is 117 cm³/mol. The van der Waals surface area contributed by atoms with Crippen LogP contribution in [0.25, 0.3) is 10.9 Å². The van der Waals surface area contributed by atoms with Crippen LogP contribution in [-0.2, 0) is 6.54 Å². The SMILES string of the molecule is CCC(C)N(Cc1c(C)cc(C)[nH]c1=O)C(=O)c1cc(Br)cc2[nH]cc(C)c12. The second-order valence-electron chi connectivity index (χ2n) is 7.48. The molecule has 1 amide bonds. The lowest BCUT2D eigenvalue weighted by Crippen LogP contribution is -2.39. The fourth-order valence-corrected chi connectivity index (χ4v) is 4.08. The molecule has 1 unspecified atom stereocenters. The van der Waals surface area contributed by atoms with Gasteiger partial charge in [-0.1, -0.05) is 22.9 Å². The van der Waals surface area contributed by atoms with Crippen molar-refractivity contribution in [2.45, 2.75) is 53.6 Å². The number of carbonyl (C=O) groups excluding carboxylic acids is 1. The van der Waals surface area contributed by atoms with Gasteiger partial charge in [0.2, 0.25) is 0 Å². The van der Waals surface area contributed by atoms with Gasteiger partial charge in [0.1, 0.15) is 0 Å². The molecule has 3 rings (SSSR count). The van der Waals surface area contributed by atoms with Crippen LogP contribution in [-0.4, -0.2) is 26.8 Å². The van der Waals surface area contributed by atoms with E-state index in [4.69, 9.17) is 0 Å². The molecule has 0 radical (unpaired) electrons. The van der Waals surface area contributed by atoms with E-state index in [-0.39, 0.29) is 24.1 Å². The van der Waals surface area contributed by atoms with Crippen molar-refractivity contribution >= 4 is 32.7 Å². The summed E-state index contributed by atoms with van der Waals surface area (Å²) in [5.74, 6) is -0.0669. The molecule has 148 valence electrons. The molecule has 0 spiro atoms. The number of benzene rings is 1. The summed E-state index contributed by atoms with van der Waals surface area (Å²) < 4.78 is 0.846. The van der Waals surface area contributed by atoms with E-state index in [2.05, 4.69) is 32.8 Å². The summed E-state index contributed by atoms with van der Waals surface area (Å²) in [7, 11) is 0. The van der Waals surface area contributed by atoms with Gasteiger partial charge in [-0.2, -0.15) is 0 Å². The average Bonchev–Trinajstić information content (AvgIpc) is 3.00. The topological polar surface area (TPSA) is 69.0 Å². The summed E-state index contributed by atoms with van der Waals surface area (Å²) in [5.41, 5.74) is 4.82. The monoisotopic (exact) mass is 443 g/mol. The summed E-state index contributed by atoms with van der Waals surface area (Å²) in [6.45, 7) is 10.1. The van der Waals surface area contributed by atoms with Crippen LogP contribution in [0.5, 0.6) is 0 Å². The van der Waals surface area contributed by atoms with Crippen molar-refractivity contribution < 1.29 is 4.79 Å². The van der Waals surface area contributed by atoms with Crippen LogP contribution < -0.4 is 5.56 Å². The predicted octanol–water partition coefficient (Wildman–Crippen LogP) is 4.98. The fraction of sp³-hybridized carbons (Fsp3) is 0.364. The number of rotatable bonds is 5. The molecule has 5 nitrogen and oxygen atoms in total. The van der Waals surface area contributed by atoms with E-state index in [0.29, 0.717) is 11.1 Å². The van der Waals surface area contributed by atoms with Gasteiger partial charge < -0.3 is 14.9 Å². The van der Waals surface area contributed by atoms with E-state index in [1.807, 2.05) is 52.1 Å². The van der Waals surface area contributed by atoms with Crippen LogP contribution in [0.2, 0.25) is 0 Å². The van der Waals surface area contributed by atoms with Gasteiger partial charge in [0.15, 0.2) is 0 Å². The van der Waals surface area contributed by atoms with Gasteiger partial charge in [0, 0.05) is 38.9 Å². The minimum Gasteiger partial charge on any atom is -0.361 e. The van der Waals surface area contributed by atoms with Crippen LogP contribution in [0.3, 0.4) is 0 Å². The Morgan fingerprint density at radius 2 is 1.89 bits per heavy atom. The summed E-state index contributed by atoms with van der Waals surface area (Å²) in [4.78, 5) is 34.1. The number of carbonyl (C=O) groups is 1. The number of amides is 1. The second-order valence-corrected chi connectivity index (χ2v) is 8.40. The Kier molecular flexibility index (Phi) is 5.79. The van der Waals surface area contributed by atoms with Crippen molar-refractivity contribution in [3.8, 4) is 0 Å². The number of aromatic nitrogens is 2. The standard InChI is InChI=1S/C22H26BrN3O2/c1-6-15(5)26(11-18-12(2)7-14(4)25-21(18)27)22(28)17-8-16(23)9-19-20(17)13(3)10-24-19/h7-10,15,24H,6,11H2,1-5H3,(H,25,27). The van der Waals surface area contributed by atoms with Crippen molar-refractivity contribution in [3.05, 3.63) is 67.2 Å². The first-order valence-corrected chi connectivity index (χ1v) is 10.3. The zero-order valence-electron chi connectivity index (χ0n) is 16.9. The highest BCUT2D eigenvalue weighted by atomic mass is 79.9. The van der Waals surface area contributed by atoms with Crippen LogP contribution >= 0.6 is 15.9 Å². The lowest BCUT2D eigenvalue weighted by molar-refractivity contribution is 0.0672. The van der Waals surface area contributed by atoms with E-state index >= 15 is 0 Å². The number of aromatic amines is 2. The number of pyridine rings is 1. The number of nitrogens with one attached hydrogen (secondary N) is 2. The number of aryl methyl sites for hydroxylation is 3. The summed E-state index contributed by atoms with van der Waals surface area (Å²) >= 11 is 3.52. The average molecular weight is 444 g/mol. The summed E-state index contributed by atoms with van der Waals surface area (Å²) in [6.07, 6.45) is 2.72. The first kappa shape index (κ1) is 20.4. The maximum absolute atomic E-state index is 13.6. The van der Waals surface area contributed by atoms with Crippen LogP contribution in [0.1, 0.15) is 53.0 Å². The number of hydrogen-bond acceptors (Lipinski definition) is 2. The Morgan fingerprint density at radius 3 is 2.54 bits per heavy atom. The summed E-state index contributed by atoms with van der Waals surface area (Å²) in [5, 5.41) is 0.927. The molecule has 1 aromatic carbocycles. The third-order valence-corrected chi connectivity index (χ3v) is 5.84. The first-order chi connectivity index (χ1) is 13.2. The van der Waals surface area contributed by atoms with E-state index < -0.39 is 0 Å². The van der Waals surface area contributed by atoms with Gasteiger partial charge in [-0.05, 0) is 63.4 Å². The van der Waals surface area contributed by atoms with Gasteiger partial charge in [0.25, 0.3) is 11.5 Å². The number of H-pyrrole nitrogens is 2. The van der Waals surface area contributed by atoms with E-state index in [0.717, 1.165) is 38.6 Å². The molecule has 3 aromatic rings. The maximum atomic E-state index is 13.6. The second kappa shape index (κ2) is 7.95. The van der Waals surface area contributed by atoms with Crippen molar-refractivity contribution in [3.63, 3.8) is 0 Å². The van der Waals surface area contributed by atoms with Crippen molar-refractivity contribution in [1.29, 1.82) is 0 Å². The zero-order chi connectivity index (χ0) is 20.6. The quantitative estimate of drug-likeness (QED) is 0.583. The molecular weight excluding hydrogens is 418 g/mol. The van der Waals surface area contributed by atoms with Gasteiger partial charge in [0.05, 0.1) is 12.1 Å². The molecule has 6 heteroatoms. The minimum atomic E-state index is -0.129. The molecule has 1 atom stereocenters. The molecule has 2 heterocycles. The zero-order valence-corrected chi connectivity index (χ0v) is 18.5. The van der Waals surface area contributed by atoms with Crippen LogP contribution in [0, 0.1) is 20.8 Å². The third kappa shape index (κ3) is 3.78. The van der Waals surface area contributed by atoms with E-state index in [9.17, 15) is 9.59 Å². The first-order valence-electron chi connectivity index (χ1n) is 9.50. The molecule has 0 saturated heterocycles. The number of halogens is 1. The minimum absolute atomic E-state index is 0.000817. The molecule has 2 N–H and O–H groups in total. The Morgan fingerprint density at radius 1 is 1.18 bits per heavy atom. The number of nitrogens with zero attached hydrogens (tertiary/aromatic N) is 1. The summed E-state index contributed by atoms with van der Waals surface area (Å²) in [6, 6.07) is 5.79. The lowest BCUT2D eigenvalue weighted by Gasteiger charge is -2.29. The largest absolute Gasteiger partial charge is 0.361 e. The van der Waals surface area contributed by atoms with Crippen molar-refractivity contribution in [2.75, 3.05) is 0 Å². The molecule has 28 heavy (non-hydrogen) atoms. The molecule has 2 aromatic heterocycles. The van der Waals surface area contributed by atoms with Crippen LogP contribution in [0.4, 0.5) is 0 Å². The molecule has 0 bridgehead atoms. The van der Waals surface area contributed by atoms with Gasteiger partial charge in [-0.15, -0.1) is 0 Å². The van der Waals surface area contributed by atoms with Gasteiger partial charge >= 0.3 is 0 Å². The number of hydrogen-bond donors (Lipinski definition) is 2. The third-order valence-electron chi connectivity index (χ3n) is 5.38. The Balaban J connectivity index is 2.10. The lowest BCUT2D eigenvalue weighted by atomic mass is 10.0. The van der Waals surface area contributed by atoms with Crippen molar-refractivity contribution in [2.24, 2.45) is 0 Å². The highest BCUT2D eigenvalue weighted by Gasteiger charge is 2.25. The van der Waals surface area contributed by atoms with Crippen LogP contribution in [0.15, 0.2) is 33.7 Å². The maximum Gasteiger partial charge on any atom is 0.255 e. The Hall–Kier alpha value is -2.34. The van der Waals surface area contributed by atoms with Crippen molar-refractivity contribution in [1.82, 2.24) is 14.9 Å².